The van der Waals surface area contributed by atoms with E-state index in [0.29, 0.717) is 0 Å². The van der Waals surface area contributed by atoms with Crippen LogP contribution in [0.2, 0.25) is 0 Å². The van der Waals surface area contributed by atoms with Gasteiger partial charge in [-0.05, 0) is 6.08 Å². The molecule has 0 radical (unpaired) electrons. The third-order valence-corrected chi connectivity index (χ3v) is 2.75. The average molecular weight is 213 g/mol. The van der Waals surface area contributed by atoms with Gasteiger partial charge in [-0.1, -0.05) is 11.8 Å². The van der Waals surface area contributed by atoms with Gasteiger partial charge in [0, 0.05) is 0 Å². The van der Waals surface area contributed by atoms with E-state index in [1.807, 2.05) is 0 Å². The van der Waals surface area contributed by atoms with Crippen LogP contribution in [0.4, 0.5) is 4.79 Å². The van der Waals surface area contributed by atoms with Gasteiger partial charge in [0.25, 0.3) is 0 Å². The number of carboxylic acids is 1. The maximum Gasteiger partial charge on any atom is 0.442 e. The van der Waals surface area contributed by atoms with E-state index < -0.39 is 23.3 Å². The molecule has 0 spiro atoms. The minimum atomic E-state index is -1.08. The van der Waals surface area contributed by atoms with Crippen molar-refractivity contribution < 1.29 is 24.2 Å². The van der Waals surface area contributed by atoms with Gasteiger partial charge < -0.3 is 9.84 Å². The lowest BCUT2D eigenvalue weighted by Gasteiger charge is -2.06. The molecule has 0 bridgehead atoms. The summed E-state index contributed by atoms with van der Waals surface area (Å²) < 4.78 is 4.19. The first-order chi connectivity index (χ1) is 6.58. The number of fused-ring (bicyclic) bond motifs is 1. The number of carbonyl (C=O) groups excluding carboxylic acids is 2. The molecule has 0 aromatic rings. The van der Waals surface area contributed by atoms with E-state index in [4.69, 9.17) is 5.11 Å². The fourth-order valence-electron chi connectivity index (χ4n) is 1.04. The van der Waals surface area contributed by atoms with Crippen molar-refractivity contribution in [2.45, 2.75) is 5.25 Å². The Kier molecular flexibility index (Phi) is 1.88. The van der Waals surface area contributed by atoms with Crippen LogP contribution in [0.3, 0.4) is 0 Å². The molecule has 0 aromatic heterocycles. The number of cyclic esters (lactones) is 2. The number of thioether (sulfide) groups is 1. The summed E-state index contributed by atoms with van der Waals surface area (Å²) in [5.41, 5.74) is 0.0574. The molecule has 0 fully saturated rings. The molecule has 14 heavy (non-hydrogen) atoms. The van der Waals surface area contributed by atoms with Gasteiger partial charge >= 0.3 is 18.0 Å². The molecule has 2 aliphatic rings. The summed E-state index contributed by atoms with van der Waals surface area (Å²) in [7, 11) is 0. The number of carboxylic acid groups (broad SMARTS) is 1. The smallest absolute Gasteiger partial charge is 0.442 e. The molecule has 1 atom stereocenters. The van der Waals surface area contributed by atoms with Crippen molar-refractivity contribution in [3.05, 3.63) is 11.6 Å². The van der Waals surface area contributed by atoms with Crippen LogP contribution in [0, 0.1) is 0 Å². The number of hydrogen-bond acceptors (Lipinski definition) is 5. The molecular weight excluding hydrogens is 210 g/mol. The van der Waals surface area contributed by atoms with Crippen molar-refractivity contribution in [2.24, 2.45) is 4.99 Å². The number of ether oxygens (including phenoxy) is 1. The summed E-state index contributed by atoms with van der Waals surface area (Å²) in [5.74, 6) is -1.92. The molecule has 2 aliphatic heterocycles. The zero-order valence-electron chi connectivity index (χ0n) is 6.59. The highest BCUT2D eigenvalue weighted by Crippen LogP contribution is 2.31. The van der Waals surface area contributed by atoms with Crippen LogP contribution >= 0.6 is 11.8 Å². The molecule has 7 heteroatoms. The maximum absolute atomic E-state index is 11.1. The van der Waals surface area contributed by atoms with Crippen LogP contribution in [-0.2, 0) is 14.3 Å². The largest absolute Gasteiger partial charge is 0.480 e. The van der Waals surface area contributed by atoms with Crippen LogP contribution in [-0.4, -0.2) is 33.4 Å². The average Bonchev–Trinajstić information content (AvgIpc) is 2.47. The third-order valence-electron chi connectivity index (χ3n) is 1.62. The van der Waals surface area contributed by atoms with E-state index in [2.05, 4.69) is 9.73 Å². The lowest BCUT2D eigenvalue weighted by molar-refractivity contribution is -0.135. The highest BCUT2D eigenvalue weighted by atomic mass is 32.2. The summed E-state index contributed by atoms with van der Waals surface area (Å²) in [4.78, 5) is 35.7. The molecule has 1 N–H and O–H groups in total. The van der Waals surface area contributed by atoms with E-state index >= 15 is 0 Å². The first kappa shape index (κ1) is 8.95. The summed E-state index contributed by atoms with van der Waals surface area (Å²) in [6.07, 6.45) is 0.223. The molecule has 0 saturated carbocycles. The standard InChI is InChI=1S/C7H3NO5S/c9-5(10)3-1-2-4(14-3)8-7(12)13-6(2)11/h1,3H,(H,9,10). The van der Waals surface area contributed by atoms with Crippen LogP contribution in [0.5, 0.6) is 0 Å². The van der Waals surface area contributed by atoms with E-state index in [9.17, 15) is 14.4 Å². The second kappa shape index (κ2) is 2.95. The van der Waals surface area contributed by atoms with Crippen molar-refractivity contribution in [1.82, 2.24) is 0 Å². The summed E-state index contributed by atoms with van der Waals surface area (Å²) in [6.45, 7) is 0. The fourth-order valence-corrected chi connectivity index (χ4v) is 2.00. The maximum atomic E-state index is 11.1. The number of amides is 1. The lowest BCUT2D eigenvalue weighted by Crippen LogP contribution is -2.20. The number of rotatable bonds is 1. The summed E-state index contributed by atoms with van der Waals surface area (Å²) in [6, 6.07) is 0. The summed E-state index contributed by atoms with van der Waals surface area (Å²) in [5, 5.41) is 7.91. The number of nitrogens with zero attached hydrogens (tertiary/aromatic N) is 1. The normalized spacial score (nSPS) is 25.0. The molecule has 6 nitrogen and oxygen atoms in total. The van der Waals surface area contributed by atoms with Gasteiger partial charge in [0.05, 0.1) is 5.57 Å². The van der Waals surface area contributed by atoms with E-state index in [0.717, 1.165) is 11.8 Å². The van der Waals surface area contributed by atoms with Crippen LogP contribution in [0.1, 0.15) is 0 Å². The highest BCUT2D eigenvalue weighted by molar-refractivity contribution is 8.16. The minimum Gasteiger partial charge on any atom is -0.480 e. The van der Waals surface area contributed by atoms with E-state index in [-0.39, 0.29) is 10.6 Å². The summed E-state index contributed by atoms with van der Waals surface area (Å²) >= 11 is 0.846. The minimum absolute atomic E-state index is 0.0574. The van der Waals surface area contributed by atoms with Gasteiger partial charge in [0.1, 0.15) is 10.3 Å². The monoisotopic (exact) mass is 213 g/mol. The first-order valence-electron chi connectivity index (χ1n) is 3.54. The van der Waals surface area contributed by atoms with Crippen molar-refractivity contribution in [3.8, 4) is 0 Å². The first-order valence-corrected chi connectivity index (χ1v) is 4.42. The SMILES string of the molecule is O=C1N=C2SC(C(=O)O)C=C2C(=O)O1. The van der Waals surface area contributed by atoms with E-state index in [1.54, 1.807) is 0 Å². The number of aliphatic carboxylic acids is 1. The quantitative estimate of drug-likeness (QED) is 0.493. The zero-order valence-corrected chi connectivity index (χ0v) is 7.41. The van der Waals surface area contributed by atoms with Crippen molar-refractivity contribution in [3.63, 3.8) is 0 Å². The van der Waals surface area contributed by atoms with Crippen molar-refractivity contribution >= 4 is 34.8 Å². The second-order valence-electron chi connectivity index (χ2n) is 2.53. The van der Waals surface area contributed by atoms with Gasteiger partial charge in [-0.2, -0.15) is 4.99 Å². The van der Waals surface area contributed by atoms with Gasteiger partial charge in [-0.3, -0.25) is 4.79 Å². The Morgan fingerprint density at radius 3 is 2.93 bits per heavy atom. The molecule has 0 saturated heterocycles. The molecule has 72 valence electrons. The zero-order chi connectivity index (χ0) is 10.3. The van der Waals surface area contributed by atoms with E-state index in [1.165, 1.54) is 6.08 Å². The molecule has 0 aliphatic carbocycles. The Morgan fingerprint density at radius 2 is 2.29 bits per heavy atom. The molecule has 0 aromatic carbocycles. The van der Waals surface area contributed by atoms with Crippen molar-refractivity contribution in [2.75, 3.05) is 0 Å². The molecule has 2 rings (SSSR count). The lowest BCUT2D eigenvalue weighted by atomic mass is 10.2. The third kappa shape index (κ3) is 1.31. The second-order valence-corrected chi connectivity index (χ2v) is 3.66. The number of hydrogen-bond donors (Lipinski definition) is 1. The van der Waals surface area contributed by atoms with Gasteiger partial charge in [0.2, 0.25) is 0 Å². The number of esters is 1. The Bertz CT molecular complexity index is 410. The van der Waals surface area contributed by atoms with Gasteiger partial charge in [-0.25, -0.2) is 9.59 Å². The number of carbonyl (C=O) groups is 3. The van der Waals surface area contributed by atoms with Crippen LogP contribution in [0.25, 0.3) is 0 Å². The Hall–Kier alpha value is -1.63. The predicted molar refractivity (Wildman–Crippen MR) is 46.0 cm³/mol. The van der Waals surface area contributed by atoms with Gasteiger partial charge in [0.15, 0.2) is 0 Å². The Labute approximate surface area is 81.6 Å². The van der Waals surface area contributed by atoms with Crippen LogP contribution in [0.15, 0.2) is 16.6 Å². The Balaban J connectivity index is 2.38. The number of aliphatic imine (C=N–C) groups is 1. The molecule has 1 amide bonds. The molecule has 1 unspecified atom stereocenters. The van der Waals surface area contributed by atoms with Crippen molar-refractivity contribution in [1.29, 1.82) is 0 Å². The topological polar surface area (TPSA) is 93.0 Å². The molecular formula is C7H3NO5S. The van der Waals surface area contributed by atoms with Gasteiger partial charge in [-0.15, -0.1) is 0 Å². The molecule has 2 heterocycles. The predicted octanol–water partition coefficient (Wildman–Crippen LogP) is 0.188. The highest BCUT2D eigenvalue weighted by Gasteiger charge is 2.37. The Morgan fingerprint density at radius 1 is 1.57 bits per heavy atom. The fraction of sp³-hybridized carbons (Fsp3) is 0.143. The van der Waals surface area contributed by atoms with Crippen LogP contribution < -0.4 is 0 Å².